The molecule has 0 bridgehead atoms. The molecule has 17 heavy (non-hydrogen) atoms. The summed E-state index contributed by atoms with van der Waals surface area (Å²) in [5.41, 5.74) is 0.232. The normalized spacial score (nSPS) is 10.2. The number of carboxylic acids is 1. The van der Waals surface area contributed by atoms with Crippen molar-refractivity contribution in [3.8, 4) is 16.2 Å². The van der Waals surface area contributed by atoms with Crippen LogP contribution in [0.1, 0.15) is 10.5 Å². The van der Waals surface area contributed by atoms with Gasteiger partial charge >= 0.3 is 5.97 Å². The van der Waals surface area contributed by atoms with Crippen LogP contribution in [0, 0.1) is 5.82 Å². The van der Waals surface area contributed by atoms with E-state index in [9.17, 15) is 9.18 Å². The number of benzene rings is 1. The van der Waals surface area contributed by atoms with Gasteiger partial charge in [0.1, 0.15) is 11.6 Å². The molecule has 2 rings (SSSR count). The van der Waals surface area contributed by atoms with Crippen molar-refractivity contribution in [2.75, 3.05) is 7.11 Å². The zero-order valence-electron chi connectivity index (χ0n) is 8.81. The summed E-state index contributed by atoms with van der Waals surface area (Å²) in [4.78, 5) is 11.1. The summed E-state index contributed by atoms with van der Waals surface area (Å²) in [6, 6.07) is 5.74. The minimum Gasteiger partial charge on any atom is -0.497 e. The highest BCUT2D eigenvalue weighted by atomic mass is 32.1. The summed E-state index contributed by atoms with van der Waals surface area (Å²) >= 11 is 0.947. The smallest absolute Gasteiger partial charge is 0.355 e. The third-order valence-corrected chi connectivity index (χ3v) is 2.99. The fourth-order valence-electron chi connectivity index (χ4n) is 1.33. The van der Waals surface area contributed by atoms with Crippen LogP contribution in [0.3, 0.4) is 0 Å². The third-order valence-electron chi connectivity index (χ3n) is 2.17. The van der Waals surface area contributed by atoms with E-state index in [1.165, 1.54) is 25.3 Å². The van der Waals surface area contributed by atoms with E-state index >= 15 is 0 Å². The molecule has 0 unspecified atom stereocenters. The maximum absolute atomic E-state index is 13.7. The lowest BCUT2D eigenvalue weighted by molar-refractivity contribution is 0.0692. The maximum Gasteiger partial charge on any atom is 0.355 e. The van der Waals surface area contributed by atoms with Gasteiger partial charge < -0.3 is 9.84 Å². The van der Waals surface area contributed by atoms with Crippen molar-refractivity contribution in [1.82, 2.24) is 4.37 Å². The average Bonchev–Trinajstić information content (AvgIpc) is 2.78. The molecule has 1 aromatic carbocycles. The van der Waals surface area contributed by atoms with Crippen LogP contribution in [-0.4, -0.2) is 22.6 Å². The van der Waals surface area contributed by atoms with Crippen molar-refractivity contribution in [1.29, 1.82) is 0 Å². The molecule has 6 heteroatoms. The molecule has 0 atom stereocenters. The van der Waals surface area contributed by atoms with E-state index in [0.717, 1.165) is 11.5 Å². The second-order valence-electron chi connectivity index (χ2n) is 3.23. The minimum atomic E-state index is -1.12. The quantitative estimate of drug-likeness (QED) is 0.913. The summed E-state index contributed by atoms with van der Waals surface area (Å²) in [5.74, 6) is -1.18. The van der Waals surface area contributed by atoms with E-state index in [1.54, 1.807) is 6.07 Å². The summed E-state index contributed by atoms with van der Waals surface area (Å²) < 4.78 is 22.3. The number of ether oxygens (including phenoxy) is 1. The molecule has 1 heterocycles. The Labute approximate surface area is 100 Å². The van der Waals surface area contributed by atoms with Gasteiger partial charge in [-0.2, -0.15) is 4.37 Å². The van der Waals surface area contributed by atoms with E-state index in [0.29, 0.717) is 16.2 Å². The number of rotatable bonds is 3. The zero-order chi connectivity index (χ0) is 12.4. The molecule has 4 nitrogen and oxygen atoms in total. The van der Waals surface area contributed by atoms with Crippen LogP contribution in [0.25, 0.3) is 10.4 Å². The fraction of sp³-hybridized carbons (Fsp3) is 0.0909. The van der Waals surface area contributed by atoms with Crippen molar-refractivity contribution >= 4 is 17.5 Å². The van der Waals surface area contributed by atoms with Gasteiger partial charge in [-0.1, -0.05) is 0 Å². The number of aromatic carboxylic acids is 1. The highest BCUT2D eigenvalue weighted by Crippen LogP contribution is 2.29. The first-order valence-electron chi connectivity index (χ1n) is 4.65. The molecule has 1 aromatic heterocycles. The molecule has 0 aliphatic rings. The monoisotopic (exact) mass is 253 g/mol. The van der Waals surface area contributed by atoms with Gasteiger partial charge in [0.15, 0.2) is 5.69 Å². The van der Waals surface area contributed by atoms with E-state index in [1.807, 2.05) is 0 Å². The Bertz CT molecular complexity index is 568. The van der Waals surface area contributed by atoms with Gasteiger partial charge in [-0.25, -0.2) is 9.18 Å². The summed E-state index contributed by atoms with van der Waals surface area (Å²) in [5, 5.41) is 8.73. The van der Waals surface area contributed by atoms with Crippen molar-refractivity contribution in [3.63, 3.8) is 0 Å². The van der Waals surface area contributed by atoms with E-state index in [-0.39, 0.29) is 5.69 Å². The first-order chi connectivity index (χ1) is 8.11. The lowest BCUT2D eigenvalue weighted by Gasteiger charge is -2.02. The predicted molar refractivity (Wildman–Crippen MR) is 61.0 cm³/mol. The summed E-state index contributed by atoms with van der Waals surface area (Å²) in [7, 11) is 1.45. The number of aromatic nitrogens is 1. The molecule has 0 saturated carbocycles. The van der Waals surface area contributed by atoms with Gasteiger partial charge in [0.25, 0.3) is 0 Å². The number of carboxylic acid groups (broad SMARTS) is 1. The fourth-order valence-corrected chi connectivity index (χ4v) is 2.08. The molecule has 2 aromatic rings. The molecule has 0 spiro atoms. The molecule has 0 fully saturated rings. The second-order valence-corrected chi connectivity index (χ2v) is 4.03. The largest absolute Gasteiger partial charge is 0.497 e. The highest BCUT2D eigenvalue weighted by Gasteiger charge is 2.13. The van der Waals surface area contributed by atoms with Crippen LogP contribution in [0.15, 0.2) is 24.3 Å². The number of methoxy groups -OCH3 is 1. The van der Waals surface area contributed by atoms with Gasteiger partial charge in [-0.05, 0) is 29.7 Å². The molecular formula is C11H8FNO3S. The third kappa shape index (κ3) is 2.26. The van der Waals surface area contributed by atoms with Crippen molar-refractivity contribution in [2.24, 2.45) is 0 Å². The minimum absolute atomic E-state index is 0.0831. The first kappa shape index (κ1) is 11.5. The van der Waals surface area contributed by atoms with Crippen LogP contribution in [0.2, 0.25) is 0 Å². The Morgan fingerprint density at radius 1 is 1.47 bits per heavy atom. The van der Waals surface area contributed by atoms with Gasteiger partial charge in [-0.3, -0.25) is 0 Å². The standard InChI is InChI=1S/C11H8FNO3S/c1-16-6-2-3-7(8(12)4-6)10-5-9(11(14)15)13-17-10/h2-5H,1H3,(H,14,15). The molecule has 0 amide bonds. The van der Waals surface area contributed by atoms with Gasteiger partial charge in [0.2, 0.25) is 0 Å². The van der Waals surface area contributed by atoms with Gasteiger partial charge in [0.05, 0.1) is 12.0 Å². The van der Waals surface area contributed by atoms with E-state index in [4.69, 9.17) is 9.84 Å². The summed E-state index contributed by atoms with van der Waals surface area (Å²) in [6.07, 6.45) is 0. The number of hydrogen-bond donors (Lipinski definition) is 1. The van der Waals surface area contributed by atoms with Crippen molar-refractivity contribution < 1.29 is 19.0 Å². The van der Waals surface area contributed by atoms with Crippen LogP contribution in [-0.2, 0) is 0 Å². The Kier molecular flexibility index (Phi) is 3.06. The molecular weight excluding hydrogens is 245 g/mol. The molecule has 0 aliphatic carbocycles. The lowest BCUT2D eigenvalue weighted by atomic mass is 10.1. The lowest BCUT2D eigenvalue weighted by Crippen LogP contribution is -1.94. The first-order valence-corrected chi connectivity index (χ1v) is 5.43. The van der Waals surface area contributed by atoms with Crippen LogP contribution < -0.4 is 4.74 Å². The topological polar surface area (TPSA) is 59.4 Å². The van der Waals surface area contributed by atoms with Crippen LogP contribution in [0.5, 0.6) is 5.75 Å². The molecule has 1 N–H and O–H groups in total. The Morgan fingerprint density at radius 2 is 2.24 bits per heavy atom. The van der Waals surface area contributed by atoms with E-state index < -0.39 is 11.8 Å². The highest BCUT2D eigenvalue weighted by molar-refractivity contribution is 7.09. The molecule has 0 saturated heterocycles. The Hall–Kier alpha value is -1.95. The van der Waals surface area contributed by atoms with Gasteiger partial charge in [0, 0.05) is 11.6 Å². The maximum atomic E-state index is 13.7. The van der Waals surface area contributed by atoms with Gasteiger partial charge in [-0.15, -0.1) is 0 Å². The Morgan fingerprint density at radius 3 is 2.76 bits per heavy atom. The number of nitrogens with zero attached hydrogens (tertiary/aromatic N) is 1. The average molecular weight is 253 g/mol. The van der Waals surface area contributed by atoms with Crippen molar-refractivity contribution in [3.05, 3.63) is 35.8 Å². The second kappa shape index (κ2) is 4.50. The van der Waals surface area contributed by atoms with E-state index in [2.05, 4.69) is 4.37 Å². The van der Waals surface area contributed by atoms with Crippen molar-refractivity contribution in [2.45, 2.75) is 0 Å². The molecule has 0 radical (unpaired) electrons. The summed E-state index contributed by atoms with van der Waals surface area (Å²) in [6.45, 7) is 0. The number of carbonyl (C=O) groups is 1. The SMILES string of the molecule is COc1ccc(-c2cc(C(=O)O)ns2)c(F)c1. The number of halogens is 1. The number of hydrogen-bond acceptors (Lipinski definition) is 4. The Balaban J connectivity index is 2.42. The molecule has 88 valence electrons. The predicted octanol–water partition coefficient (Wildman–Crippen LogP) is 2.66. The zero-order valence-corrected chi connectivity index (χ0v) is 9.62. The molecule has 0 aliphatic heterocycles. The van der Waals surface area contributed by atoms with Crippen LogP contribution in [0.4, 0.5) is 4.39 Å². The van der Waals surface area contributed by atoms with Crippen LogP contribution >= 0.6 is 11.5 Å².